The second-order valence-electron chi connectivity index (χ2n) is 6.25. The van der Waals surface area contributed by atoms with Crippen LogP contribution in [-0.4, -0.2) is 29.3 Å². The first-order chi connectivity index (χ1) is 12.1. The van der Waals surface area contributed by atoms with Gasteiger partial charge in [-0.1, -0.05) is 18.2 Å². The zero-order valence-electron chi connectivity index (χ0n) is 13.5. The number of nitrogens with one attached hydrogen (secondary N) is 2. The number of hydrogen-bond acceptors (Lipinski definition) is 4. The summed E-state index contributed by atoms with van der Waals surface area (Å²) in [4.78, 5) is 39.8. The summed E-state index contributed by atoms with van der Waals surface area (Å²) in [5.41, 5.74) is 0.512. The first kappa shape index (κ1) is 15.8. The quantitative estimate of drug-likeness (QED) is 0.830. The minimum absolute atomic E-state index is 0.291. The van der Waals surface area contributed by atoms with Crippen LogP contribution in [0.25, 0.3) is 0 Å². The van der Waals surface area contributed by atoms with E-state index in [9.17, 15) is 14.4 Å². The molecule has 4 amide bonds. The molecule has 1 aliphatic carbocycles. The van der Waals surface area contributed by atoms with Crippen LogP contribution in [0, 0.1) is 0 Å². The molecule has 2 N–H and O–H groups in total. The van der Waals surface area contributed by atoms with Gasteiger partial charge in [0.05, 0.1) is 0 Å². The van der Waals surface area contributed by atoms with Crippen molar-refractivity contribution in [3.8, 4) is 0 Å². The number of thiophene rings is 1. The second kappa shape index (κ2) is 6.00. The first-order valence-electron chi connectivity index (χ1n) is 8.16. The fourth-order valence-electron chi connectivity index (χ4n) is 3.55. The standard InChI is InChI=1S/C18H17N3O3S/c22-15(19-12-5-2-1-3-6-12)11-21-16(23)18(20-17(21)24)9-4-7-14-13(18)8-10-25-14/h1-3,5-6,8,10H,4,7,9,11H2,(H,19,22)(H,20,24)/t18-/m0/s1. The molecule has 2 heterocycles. The monoisotopic (exact) mass is 355 g/mol. The van der Waals surface area contributed by atoms with Crippen molar-refractivity contribution in [2.45, 2.75) is 24.8 Å². The van der Waals surface area contributed by atoms with Gasteiger partial charge in [-0.05, 0) is 42.8 Å². The Balaban J connectivity index is 1.54. The van der Waals surface area contributed by atoms with Gasteiger partial charge in [0.1, 0.15) is 12.1 Å². The topological polar surface area (TPSA) is 78.5 Å². The molecule has 1 aliphatic heterocycles. The third-order valence-electron chi connectivity index (χ3n) is 4.70. The lowest BCUT2D eigenvalue weighted by atomic mass is 9.80. The molecule has 2 aromatic rings. The van der Waals surface area contributed by atoms with Crippen LogP contribution in [0.15, 0.2) is 41.8 Å². The van der Waals surface area contributed by atoms with E-state index in [0.29, 0.717) is 12.1 Å². The van der Waals surface area contributed by atoms with E-state index in [1.165, 1.54) is 0 Å². The summed E-state index contributed by atoms with van der Waals surface area (Å²) in [6.45, 7) is -0.291. The maximum atomic E-state index is 13.0. The smallest absolute Gasteiger partial charge is 0.325 e. The number of hydrogen-bond donors (Lipinski definition) is 2. The number of imide groups is 1. The Kier molecular flexibility index (Phi) is 3.80. The van der Waals surface area contributed by atoms with Crippen molar-refractivity contribution < 1.29 is 14.4 Å². The molecule has 0 unspecified atom stereocenters. The highest BCUT2D eigenvalue weighted by Gasteiger charge is 2.54. The molecular formula is C18H17N3O3S. The van der Waals surface area contributed by atoms with Crippen molar-refractivity contribution in [3.63, 3.8) is 0 Å². The fraction of sp³-hybridized carbons (Fsp3) is 0.278. The third kappa shape index (κ3) is 2.60. The van der Waals surface area contributed by atoms with Crippen molar-refractivity contribution >= 4 is 34.9 Å². The molecule has 1 atom stereocenters. The van der Waals surface area contributed by atoms with E-state index in [1.54, 1.807) is 35.6 Å². The lowest BCUT2D eigenvalue weighted by Crippen LogP contribution is -2.46. The van der Waals surface area contributed by atoms with Crippen molar-refractivity contribution in [2.24, 2.45) is 0 Å². The number of benzene rings is 1. The normalized spacial score (nSPS) is 22.0. The second-order valence-corrected chi connectivity index (χ2v) is 7.25. The predicted molar refractivity (Wildman–Crippen MR) is 94.3 cm³/mol. The fourth-order valence-corrected chi connectivity index (χ4v) is 4.55. The Morgan fingerprint density at radius 3 is 2.84 bits per heavy atom. The number of carbonyl (C=O) groups excluding carboxylic acids is 3. The van der Waals surface area contributed by atoms with Gasteiger partial charge >= 0.3 is 6.03 Å². The number of rotatable bonds is 3. The van der Waals surface area contributed by atoms with E-state index in [2.05, 4.69) is 10.6 Å². The van der Waals surface area contributed by atoms with E-state index in [1.807, 2.05) is 17.5 Å². The zero-order valence-corrected chi connectivity index (χ0v) is 14.3. The molecule has 25 heavy (non-hydrogen) atoms. The predicted octanol–water partition coefficient (Wildman–Crippen LogP) is 2.47. The number of nitrogens with zero attached hydrogens (tertiary/aromatic N) is 1. The van der Waals surface area contributed by atoms with Crippen LogP contribution in [-0.2, 0) is 21.5 Å². The zero-order chi connectivity index (χ0) is 17.4. The Morgan fingerprint density at radius 2 is 2.04 bits per heavy atom. The number of amides is 4. The molecule has 1 aromatic carbocycles. The highest BCUT2D eigenvalue weighted by molar-refractivity contribution is 7.10. The molecule has 4 rings (SSSR count). The number of aryl methyl sites for hydroxylation is 1. The first-order valence-corrected chi connectivity index (χ1v) is 9.04. The number of para-hydroxylation sites is 1. The lowest BCUT2D eigenvalue weighted by Gasteiger charge is -2.31. The van der Waals surface area contributed by atoms with Crippen molar-refractivity contribution in [1.82, 2.24) is 10.2 Å². The molecule has 1 fully saturated rings. The van der Waals surface area contributed by atoms with Gasteiger partial charge in [-0.15, -0.1) is 11.3 Å². The average Bonchev–Trinajstić information content (AvgIpc) is 3.17. The van der Waals surface area contributed by atoms with E-state index in [-0.39, 0.29) is 12.5 Å². The van der Waals surface area contributed by atoms with Crippen LogP contribution in [0.5, 0.6) is 0 Å². The SMILES string of the molecule is O=C(CN1C(=O)N[C@]2(CCCc3sccc32)C1=O)Nc1ccccc1. The molecular weight excluding hydrogens is 338 g/mol. The van der Waals surface area contributed by atoms with E-state index >= 15 is 0 Å². The molecule has 0 saturated carbocycles. The third-order valence-corrected chi connectivity index (χ3v) is 5.68. The summed E-state index contributed by atoms with van der Waals surface area (Å²) in [7, 11) is 0. The van der Waals surface area contributed by atoms with Gasteiger partial charge in [-0.3, -0.25) is 14.5 Å². The Hall–Kier alpha value is -2.67. The van der Waals surface area contributed by atoms with E-state index in [0.717, 1.165) is 28.2 Å². The van der Waals surface area contributed by atoms with Gasteiger partial charge in [0.2, 0.25) is 5.91 Å². The van der Waals surface area contributed by atoms with Gasteiger partial charge in [0.15, 0.2) is 0 Å². The molecule has 7 heteroatoms. The van der Waals surface area contributed by atoms with Crippen LogP contribution in [0.2, 0.25) is 0 Å². The van der Waals surface area contributed by atoms with Crippen LogP contribution in [0.4, 0.5) is 10.5 Å². The largest absolute Gasteiger partial charge is 0.325 e. The van der Waals surface area contributed by atoms with Gasteiger partial charge in [-0.2, -0.15) is 0 Å². The molecule has 128 valence electrons. The van der Waals surface area contributed by atoms with Crippen molar-refractivity contribution in [3.05, 3.63) is 52.2 Å². The number of anilines is 1. The van der Waals surface area contributed by atoms with Gasteiger partial charge < -0.3 is 10.6 Å². The molecule has 6 nitrogen and oxygen atoms in total. The number of fused-ring (bicyclic) bond motifs is 2. The Bertz CT molecular complexity index is 848. The molecule has 2 aliphatic rings. The number of carbonyl (C=O) groups is 3. The molecule has 0 bridgehead atoms. The molecule has 1 aromatic heterocycles. The summed E-state index contributed by atoms with van der Waals surface area (Å²) in [5, 5.41) is 7.50. The summed E-state index contributed by atoms with van der Waals surface area (Å²) >= 11 is 1.61. The lowest BCUT2D eigenvalue weighted by molar-refractivity contribution is -0.134. The summed E-state index contributed by atoms with van der Waals surface area (Å²) in [6, 6.07) is 10.4. The Labute approximate surface area is 148 Å². The van der Waals surface area contributed by atoms with Crippen molar-refractivity contribution in [1.29, 1.82) is 0 Å². The van der Waals surface area contributed by atoms with Crippen LogP contribution < -0.4 is 10.6 Å². The minimum Gasteiger partial charge on any atom is -0.325 e. The van der Waals surface area contributed by atoms with Crippen LogP contribution in [0.3, 0.4) is 0 Å². The highest BCUT2D eigenvalue weighted by Crippen LogP contribution is 2.41. The average molecular weight is 355 g/mol. The van der Waals surface area contributed by atoms with Gasteiger partial charge in [0.25, 0.3) is 5.91 Å². The van der Waals surface area contributed by atoms with Crippen LogP contribution in [0.1, 0.15) is 23.3 Å². The summed E-state index contributed by atoms with van der Waals surface area (Å²) in [6.07, 6.45) is 2.33. The highest BCUT2D eigenvalue weighted by atomic mass is 32.1. The van der Waals surface area contributed by atoms with E-state index in [4.69, 9.17) is 0 Å². The summed E-state index contributed by atoms with van der Waals surface area (Å²) < 4.78 is 0. The van der Waals surface area contributed by atoms with Crippen molar-refractivity contribution in [2.75, 3.05) is 11.9 Å². The van der Waals surface area contributed by atoms with E-state index < -0.39 is 17.5 Å². The maximum absolute atomic E-state index is 13.0. The summed E-state index contributed by atoms with van der Waals surface area (Å²) in [5.74, 6) is -0.729. The molecule has 1 saturated heterocycles. The van der Waals surface area contributed by atoms with Gasteiger partial charge in [-0.25, -0.2) is 4.79 Å². The minimum atomic E-state index is -1.00. The maximum Gasteiger partial charge on any atom is 0.325 e. The Morgan fingerprint density at radius 1 is 1.24 bits per heavy atom. The molecule has 0 radical (unpaired) electrons. The van der Waals surface area contributed by atoms with Gasteiger partial charge in [0, 0.05) is 16.1 Å². The van der Waals surface area contributed by atoms with Crippen LogP contribution >= 0.6 is 11.3 Å². The molecule has 1 spiro atoms. The number of urea groups is 1.